The van der Waals surface area contributed by atoms with E-state index in [1.54, 1.807) is 0 Å². The van der Waals surface area contributed by atoms with E-state index in [2.05, 4.69) is 53.3 Å². The van der Waals surface area contributed by atoms with Crippen LogP contribution in [0.2, 0.25) is 0 Å². The number of nitrogens with zero attached hydrogens (tertiary/aromatic N) is 4. The summed E-state index contributed by atoms with van der Waals surface area (Å²) >= 11 is 0. The Morgan fingerprint density at radius 1 is 1.26 bits per heavy atom. The van der Waals surface area contributed by atoms with Crippen LogP contribution in [0.25, 0.3) is 0 Å². The molecule has 0 aliphatic carbocycles. The number of aryl methyl sites for hydroxylation is 1. The van der Waals surface area contributed by atoms with Crippen molar-refractivity contribution in [2.75, 3.05) is 24.7 Å². The lowest BCUT2D eigenvalue weighted by molar-refractivity contribution is 0.434. The maximum absolute atomic E-state index is 5.65. The largest absolute Gasteiger partial charge is 0.378 e. The van der Waals surface area contributed by atoms with Crippen molar-refractivity contribution in [3.8, 4) is 0 Å². The van der Waals surface area contributed by atoms with E-state index in [1.807, 2.05) is 4.68 Å². The van der Waals surface area contributed by atoms with Gasteiger partial charge in [-0.1, -0.05) is 12.1 Å². The van der Waals surface area contributed by atoms with Crippen LogP contribution in [0.1, 0.15) is 23.7 Å². The molecule has 5 nitrogen and oxygen atoms in total. The lowest BCUT2D eigenvalue weighted by Crippen LogP contribution is -2.19. The van der Waals surface area contributed by atoms with Gasteiger partial charge in [-0.2, -0.15) is 4.98 Å². The van der Waals surface area contributed by atoms with Gasteiger partial charge in [0.1, 0.15) is 5.82 Å². The van der Waals surface area contributed by atoms with Crippen LogP contribution in [-0.2, 0) is 13.0 Å². The van der Waals surface area contributed by atoms with Gasteiger partial charge < -0.3 is 10.6 Å². The summed E-state index contributed by atoms with van der Waals surface area (Å²) in [6, 6.07) is 8.77. The van der Waals surface area contributed by atoms with Crippen LogP contribution < -0.4 is 10.6 Å². The van der Waals surface area contributed by atoms with E-state index in [4.69, 9.17) is 5.73 Å². The molecule has 19 heavy (non-hydrogen) atoms. The molecule has 0 saturated carbocycles. The van der Waals surface area contributed by atoms with E-state index in [0.717, 1.165) is 25.2 Å². The highest BCUT2D eigenvalue weighted by molar-refractivity contribution is 5.46. The fraction of sp³-hybridized carbons (Fsp3) is 0.429. The predicted octanol–water partition coefficient (Wildman–Crippen LogP) is 1.66. The van der Waals surface area contributed by atoms with Crippen LogP contribution in [0, 0.1) is 0 Å². The van der Waals surface area contributed by atoms with Gasteiger partial charge in [0.25, 0.3) is 0 Å². The molecule has 0 saturated heterocycles. The normalized spacial score (nSPS) is 18.1. The number of fused-ring (bicyclic) bond motifs is 1. The van der Waals surface area contributed by atoms with Crippen molar-refractivity contribution in [2.45, 2.75) is 25.3 Å². The average Bonchev–Trinajstić information content (AvgIpc) is 2.77. The third kappa shape index (κ3) is 2.28. The first-order chi connectivity index (χ1) is 9.13. The van der Waals surface area contributed by atoms with E-state index in [0.29, 0.717) is 11.9 Å². The minimum Gasteiger partial charge on any atom is -0.378 e. The SMILES string of the molecule is CN(C)c1ccc(C2CCn3nc(N)nc3C2)cc1. The van der Waals surface area contributed by atoms with Crippen molar-refractivity contribution in [1.82, 2.24) is 14.8 Å². The molecule has 0 radical (unpaired) electrons. The summed E-state index contributed by atoms with van der Waals surface area (Å²) < 4.78 is 1.93. The second-order valence-corrected chi connectivity index (χ2v) is 5.29. The van der Waals surface area contributed by atoms with Gasteiger partial charge in [-0.15, -0.1) is 5.10 Å². The molecule has 2 N–H and O–H groups in total. The van der Waals surface area contributed by atoms with Gasteiger partial charge in [-0.3, -0.25) is 0 Å². The monoisotopic (exact) mass is 257 g/mol. The van der Waals surface area contributed by atoms with Crippen molar-refractivity contribution < 1.29 is 0 Å². The van der Waals surface area contributed by atoms with Crippen molar-refractivity contribution in [2.24, 2.45) is 0 Å². The maximum atomic E-state index is 5.65. The fourth-order valence-electron chi connectivity index (χ4n) is 2.65. The first-order valence-corrected chi connectivity index (χ1v) is 6.60. The molecule has 1 aromatic heterocycles. The van der Waals surface area contributed by atoms with Gasteiger partial charge in [-0.25, -0.2) is 4.68 Å². The zero-order chi connectivity index (χ0) is 13.4. The standard InChI is InChI=1S/C14H19N5/c1-18(2)12-5-3-10(4-6-12)11-7-8-19-13(9-11)16-14(15)17-19/h3-6,11H,7-9H2,1-2H3,(H2,15,17). The maximum Gasteiger partial charge on any atom is 0.239 e. The van der Waals surface area contributed by atoms with Crippen LogP contribution in [0.5, 0.6) is 0 Å². The van der Waals surface area contributed by atoms with E-state index < -0.39 is 0 Å². The number of rotatable bonds is 2. The summed E-state index contributed by atoms with van der Waals surface area (Å²) in [4.78, 5) is 6.41. The van der Waals surface area contributed by atoms with Gasteiger partial charge >= 0.3 is 0 Å². The van der Waals surface area contributed by atoms with Crippen LogP contribution in [-0.4, -0.2) is 28.9 Å². The van der Waals surface area contributed by atoms with E-state index in [9.17, 15) is 0 Å². The zero-order valence-corrected chi connectivity index (χ0v) is 11.4. The van der Waals surface area contributed by atoms with Crippen molar-refractivity contribution in [3.05, 3.63) is 35.7 Å². The topological polar surface area (TPSA) is 60.0 Å². The molecule has 0 amide bonds. The smallest absolute Gasteiger partial charge is 0.239 e. The number of aromatic nitrogens is 3. The van der Waals surface area contributed by atoms with Crippen molar-refractivity contribution in [1.29, 1.82) is 0 Å². The number of anilines is 2. The Kier molecular flexibility index (Phi) is 2.89. The van der Waals surface area contributed by atoms with E-state index in [1.165, 1.54) is 11.3 Å². The molecule has 1 atom stereocenters. The first-order valence-electron chi connectivity index (χ1n) is 6.60. The summed E-state index contributed by atoms with van der Waals surface area (Å²) in [5.74, 6) is 1.91. The first kappa shape index (κ1) is 12.0. The van der Waals surface area contributed by atoms with Gasteiger partial charge in [0.05, 0.1) is 0 Å². The Balaban J connectivity index is 1.80. The molecular weight excluding hydrogens is 238 g/mol. The van der Waals surface area contributed by atoms with Crippen LogP contribution >= 0.6 is 0 Å². The Morgan fingerprint density at radius 3 is 2.68 bits per heavy atom. The molecule has 1 aliphatic rings. The lowest BCUT2D eigenvalue weighted by atomic mass is 9.90. The molecule has 2 heterocycles. The summed E-state index contributed by atoms with van der Waals surface area (Å²) in [7, 11) is 4.11. The highest BCUT2D eigenvalue weighted by Crippen LogP contribution is 2.29. The summed E-state index contributed by atoms with van der Waals surface area (Å²) in [5, 5.41) is 4.19. The van der Waals surface area contributed by atoms with Gasteiger partial charge in [0, 0.05) is 32.7 Å². The molecule has 100 valence electrons. The molecule has 1 unspecified atom stereocenters. The number of hydrogen-bond donors (Lipinski definition) is 1. The van der Waals surface area contributed by atoms with E-state index >= 15 is 0 Å². The van der Waals surface area contributed by atoms with E-state index in [-0.39, 0.29) is 0 Å². The van der Waals surface area contributed by atoms with Crippen molar-refractivity contribution in [3.63, 3.8) is 0 Å². The summed E-state index contributed by atoms with van der Waals surface area (Å²) in [6.45, 7) is 0.902. The molecule has 0 fully saturated rings. The van der Waals surface area contributed by atoms with Gasteiger partial charge in [-0.05, 0) is 30.0 Å². The Hall–Kier alpha value is -2.04. The molecular formula is C14H19N5. The zero-order valence-electron chi connectivity index (χ0n) is 11.4. The molecule has 1 aliphatic heterocycles. The number of benzene rings is 1. The highest BCUT2D eigenvalue weighted by atomic mass is 15.4. The molecule has 0 bridgehead atoms. The quantitative estimate of drug-likeness (QED) is 0.888. The predicted molar refractivity (Wildman–Crippen MR) is 76.3 cm³/mol. The minimum absolute atomic E-state index is 0.388. The highest BCUT2D eigenvalue weighted by Gasteiger charge is 2.22. The third-order valence-electron chi connectivity index (χ3n) is 3.76. The van der Waals surface area contributed by atoms with Crippen LogP contribution in [0.3, 0.4) is 0 Å². The number of nitrogens with two attached hydrogens (primary N) is 1. The van der Waals surface area contributed by atoms with Gasteiger partial charge in [0.2, 0.25) is 5.95 Å². The second kappa shape index (κ2) is 4.57. The number of hydrogen-bond acceptors (Lipinski definition) is 4. The molecule has 3 rings (SSSR count). The molecule has 2 aromatic rings. The fourth-order valence-corrected chi connectivity index (χ4v) is 2.65. The Bertz CT molecular complexity index is 570. The van der Waals surface area contributed by atoms with Crippen LogP contribution in [0.4, 0.5) is 11.6 Å². The van der Waals surface area contributed by atoms with Gasteiger partial charge in [0.15, 0.2) is 0 Å². The lowest BCUT2D eigenvalue weighted by Gasteiger charge is -2.23. The van der Waals surface area contributed by atoms with Crippen molar-refractivity contribution >= 4 is 11.6 Å². The Labute approximate surface area is 113 Å². The Morgan fingerprint density at radius 2 is 2.00 bits per heavy atom. The molecule has 1 aromatic carbocycles. The number of nitrogen functional groups attached to an aromatic ring is 1. The second-order valence-electron chi connectivity index (χ2n) is 5.29. The summed E-state index contributed by atoms with van der Waals surface area (Å²) in [5.41, 5.74) is 8.25. The summed E-state index contributed by atoms with van der Waals surface area (Å²) in [6.07, 6.45) is 2.02. The average molecular weight is 257 g/mol. The molecule has 5 heteroatoms. The van der Waals surface area contributed by atoms with Crippen LogP contribution in [0.15, 0.2) is 24.3 Å². The minimum atomic E-state index is 0.388. The molecule has 0 spiro atoms. The third-order valence-corrected chi connectivity index (χ3v) is 3.76.